The van der Waals surface area contributed by atoms with E-state index in [-0.39, 0.29) is 30.3 Å². The van der Waals surface area contributed by atoms with Crippen LogP contribution in [-0.4, -0.2) is 24.5 Å². The van der Waals surface area contributed by atoms with Crippen LogP contribution in [0.2, 0.25) is 0 Å². The molecule has 5 heteroatoms. The fourth-order valence-corrected chi connectivity index (χ4v) is 3.15. The average Bonchev–Trinajstić information content (AvgIpc) is 3.03. The Morgan fingerprint density at radius 2 is 1.81 bits per heavy atom. The first-order valence-corrected chi connectivity index (χ1v) is 9.32. The number of nitrogens with one attached hydrogen (secondary N) is 1. The van der Waals surface area contributed by atoms with Gasteiger partial charge in [0.05, 0.1) is 12.0 Å². The van der Waals surface area contributed by atoms with Crippen molar-refractivity contribution in [2.75, 3.05) is 11.4 Å². The van der Waals surface area contributed by atoms with Crippen LogP contribution < -0.4 is 15.0 Å². The average molecular weight is 366 g/mol. The van der Waals surface area contributed by atoms with E-state index in [4.69, 9.17) is 4.74 Å². The van der Waals surface area contributed by atoms with Crippen LogP contribution >= 0.6 is 0 Å². The van der Waals surface area contributed by atoms with Crippen molar-refractivity contribution in [1.82, 2.24) is 5.32 Å². The van der Waals surface area contributed by atoms with Gasteiger partial charge in [-0.05, 0) is 50.6 Å². The highest BCUT2D eigenvalue weighted by Gasteiger charge is 2.35. The maximum Gasteiger partial charge on any atom is 0.227 e. The number of nitrogens with zero attached hydrogens (tertiary/aromatic N) is 1. The minimum Gasteiger partial charge on any atom is -0.491 e. The van der Waals surface area contributed by atoms with E-state index in [1.807, 2.05) is 69.3 Å². The Bertz CT molecular complexity index is 797. The van der Waals surface area contributed by atoms with Crippen molar-refractivity contribution in [3.63, 3.8) is 0 Å². The molecule has 142 valence electrons. The molecule has 1 aliphatic rings. The molecule has 1 unspecified atom stereocenters. The minimum absolute atomic E-state index is 0.0250. The van der Waals surface area contributed by atoms with E-state index >= 15 is 0 Å². The highest BCUT2D eigenvalue weighted by Crippen LogP contribution is 2.27. The fourth-order valence-electron chi connectivity index (χ4n) is 3.15. The van der Waals surface area contributed by atoms with Crippen LogP contribution in [0.15, 0.2) is 48.5 Å². The predicted octanol–water partition coefficient (Wildman–Crippen LogP) is 3.45. The van der Waals surface area contributed by atoms with E-state index in [1.54, 1.807) is 4.90 Å². The number of anilines is 1. The van der Waals surface area contributed by atoms with Gasteiger partial charge < -0.3 is 15.0 Å². The SMILES string of the molecule is Cc1ccc(CNC(=O)C2CC(=O)N(c3ccc(OC(C)C)cc3)C2)cc1. The van der Waals surface area contributed by atoms with Crippen LogP contribution in [0, 0.1) is 12.8 Å². The molecule has 2 aromatic carbocycles. The number of aryl methyl sites for hydroxylation is 1. The first kappa shape index (κ1) is 19.0. The van der Waals surface area contributed by atoms with Gasteiger partial charge in [-0.25, -0.2) is 0 Å². The van der Waals surface area contributed by atoms with Gasteiger partial charge in [0.2, 0.25) is 11.8 Å². The summed E-state index contributed by atoms with van der Waals surface area (Å²) >= 11 is 0. The molecule has 0 saturated carbocycles. The van der Waals surface area contributed by atoms with E-state index < -0.39 is 0 Å². The molecular formula is C22H26N2O3. The third-order valence-corrected chi connectivity index (χ3v) is 4.60. The molecular weight excluding hydrogens is 340 g/mol. The van der Waals surface area contributed by atoms with E-state index in [9.17, 15) is 9.59 Å². The highest BCUT2D eigenvalue weighted by molar-refractivity contribution is 6.00. The fraction of sp³-hybridized carbons (Fsp3) is 0.364. The molecule has 0 aromatic heterocycles. The first-order valence-electron chi connectivity index (χ1n) is 9.32. The maximum atomic E-state index is 12.5. The molecule has 3 rings (SSSR count). The lowest BCUT2D eigenvalue weighted by Crippen LogP contribution is -2.32. The summed E-state index contributed by atoms with van der Waals surface area (Å²) in [5.74, 6) is 0.344. The topological polar surface area (TPSA) is 58.6 Å². The maximum absolute atomic E-state index is 12.5. The summed E-state index contributed by atoms with van der Waals surface area (Å²) in [5.41, 5.74) is 3.03. The third kappa shape index (κ3) is 4.88. The largest absolute Gasteiger partial charge is 0.491 e. The molecule has 0 bridgehead atoms. The van der Waals surface area contributed by atoms with Gasteiger partial charge in [0, 0.05) is 25.2 Å². The Kier molecular flexibility index (Phi) is 5.79. The zero-order valence-corrected chi connectivity index (χ0v) is 16.1. The van der Waals surface area contributed by atoms with Gasteiger partial charge >= 0.3 is 0 Å². The van der Waals surface area contributed by atoms with Crippen molar-refractivity contribution in [3.8, 4) is 5.75 Å². The summed E-state index contributed by atoms with van der Waals surface area (Å²) in [7, 11) is 0. The lowest BCUT2D eigenvalue weighted by atomic mass is 10.1. The Morgan fingerprint density at radius 3 is 2.44 bits per heavy atom. The zero-order valence-electron chi connectivity index (χ0n) is 16.1. The summed E-state index contributed by atoms with van der Waals surface area (Å²) in [6.07, 6.45) is 0.343. The summed E-state index contributed by atoms with van der Waals surface area (Å²) < 4.78 is 5.63. The first-order chi connectivity index (χ1) is 12.9. The van der Waals surface area contributed by atoms with Crippen LogP contribution in [0.3, 0.4) is 0 Å². The van der Waals surface area contributed by atoms with Gasteiger partial charge in [0.1, 0.15) is 5.75 Å². The molecule has 5 nitrogen and oxygen atoms in total. The van der Waals surface area contributed by atoms with Gasteiger partial charge in [-0.1, -0.05) is 29.8 Å². The highest BCUT2D eigenvalue weighted by atomic mass is 16.5. The molecule has 0 radical (unpaired) electrons. The number of hydrogen-bond acceptors (Lipinski definition) is 3. The van der Waals surface area contributed by atoms with Crippen LogP contribution in [0.25, 0.3) is 0 Å². The monoisotopic (exact) mass is 366 g/mol. The van der Waals surface area contributed by atoms with E-state index in [0.29, 0.717) is 13.1 Å². The second kappa shape index (κ2) is 8.25. The molecule has 1 saturated heterocycles. The summed E-state index contributed by atoms with van der Waals surface area (Å²) in [4.78, 5) is 26.5. The Labute approximate surface area is 160 Å². The van der Waals surface area contributed by atoms with Gasteiger partial charge in [0.15, 0.2) is 0 Å². The van der Waals surface area contributed by atoms with Crippen LogP contribution in [0.5, 0.6) is 5.75 Å². The lowest BCUT2D eigenvalue weighted by Gasteiger charge is -2.18. The van der Waals surface area contributed by atoms with Gasteiger partial charge in [0.25, 0.3) is 0 Å². The Balaban J connectivity index is 1.57. The molecule has 1 N–H and O–H groups in total. The Hall–Kier alpha value is -2.82. The number of carbonyl (C=O) groups is 2. The molecule has 1 heterocycles. The number of amides is 2. The lowest BCUT2D eigenvalue weighted by molar-refractivity contribution is -0.126. The smallest absolute Gasteiger partial charge is 0.227 e. The van der Waals surface area contributed by atoms with Crippen LogP contribution in [-0.2, 0) is 16.1 Å². The third-order valence-electron chi connectivity index (χ3n) is 4.60. The number of benzene rings is 2. The van der Waals surface area contributed by atoms with Gasteiger partial charge in [-0.3, -0.25) is 9.59 Å². The molecule has 0 spiro atoms. The van der Waals surface area contributed by atoms with Crippen molar-refractivity contribution < 1.29 is 14.3 Å². The van der Waals surface area contributed by atoms with Crippen molar-refractivity contribution in [1.29, 1.82) is 0 Å². The van der Waals surface area contributed by atoms with Crippen molar-refractivity contribution in [2.24, 2.45) is 5.92 Å². The van der Waals surface area contributed by atoms with Crippen molar-refractivity contribution in [2.45, 2.75) is 39.8 Å². The van der Waals surface area contributed by atoms with Crippen molar-refractivity contribution >= 4 is 17.5 Å². The van der Waals surface area contributed by atoms with Crippen LogP contribution in [0.1, 0.15) is 31.4 Å². The van der Waals surface area contributed by atoms with E-state index in [1.165, 1.54) is 5.56 Å². The summed E-state index contributed by atoms with van der Waals surface area (Å²) in [6, 6.07) is 15.5. The number of rotatable bonds is 6. The molecule has 0 aliphatic carbocycles. The number of ether oxygens (including phenoxy) is 1. The number of hydrogen-bond donors (Lipinski definition) is 1. The number of carbonyl (C=O) groups excluding carboxylic acids is 2. The standard InChI is InChI=1S/C22H26N2O3/c1-15(2)27-20-10-8-19(9-11-20)24-14-18(12-21(24)25)22(26)23-13-17-6-4-16(3)5-7-17/h4-11,15,18H,12-14H2,1-3H3,(H,23,26). The molecule has 2 aromatic rings. The molecule has 27 heavy (non-hydrogen) atoms. The molecule has 2 amide bonds. The molecule has 1 fully saturated rings. The normalized spacial score (nSPS) is 16.7. The second-order valence-corrected chi connectivity index (χ2v) is 7.27. The predicted molar refractivity (Wildman–Crippen MR) is 106 cm³/mol. The van der Waals surface area contributed by atoms with Crippen LogP contribution in [0.4, 0.5) is 5.69 Å². The van der Waals surface area contributed by atoms with Crippen molar-refractivity contribution in [3.05, 3.63) is 59.7 Å². The second-order valence-electron chi connectivity index (χ2n) is 7.27. The summed E-state index contributed by atoms with van der Waals surface area (Å²) in [6.45, 7) is 6.85. The summed E-state index contributed by atoms with van der Waals surface area (Å²) in [5, 5.41) is 2.95. The van der Waals surface area contributed by atoms with Gasteiger partial charge in [-0.15, -0.1) is 0 Å². The zero-order chi connectivity index (χ0) is 19.4. The van der Waals surface area contributed by atoms with Gasteiger partial charge in [-0.2, -0.15) is 0 Å². The molecule has 1 aliphatic heterocycles. The van der Waals surface area contributed by atoms with E-state index in [0.717, 1.165) is 17.0 Å². The molecule has 1 atom stereocenters. The Morgan fingerprint density at radius 1 is 1.15 bits per heavy atom. The minimum atomic E-state index is -0.325. The quantitative estimate of drug-likeness (QED) is 0.852. The van der Waals surface area contributed by atoms with E-state index in [2.05, 4.69) is 5.32 Å².